The molecular formula is C38H78NO+. The number of hydrogen-bond donors (Lipinski definition) is 1. The van der Waals surface area contributed by atoms with E-state index in [9.17, 15) is 4.79 Å². The molecule has 0 unspecified atom stereocenters. The lowest BCUT2D eigenvalue weighted by Gasteiger charge is -2.15. The van der Waals surface area contributed by atoms with Gasteiger partial charge in [0.1, 0.15) is 0 Å². The highest BCUT2D eigenvalue weighted by atomic mass is 16.2. The van der Waals surface area contributed by atoms with Gasteiger partial charge in [-0.25, -0.2) is 4.79 Å². The lowest BCUT2D eigenvalue weighted by molar-refractivity contribution is -0.820. The summed E-state index contributed by atoms with van der Waals surface area (Å²) < 4.78 is 0. The summed E-state index contributed by atoms with van der Waals surface area (Å²) in [5, 5.41) is 0. The van der Waals surface area contributed by atoms with E-state index in [1.807, 2.05) is 0 Å². The van der Waals surface area contributed by atoms with Crippen LogP contribution < -0.4 is 4.90 Å². The van der Waals surface area contributed by atoms with E-state index in [4.69, 9.17) is 0 Å². The molecular weight excluding hydrogens is 486 g/mol. The van der Waals surface area contributed by atoms with Gasteiger partial charge < -0.3 is 0 Å². The van der Waals surface area contributed by atoms with Crippen LogP contribution in [0.1, 0.15) is 226 Å². The fourth-order valence-corrected chi connectivity index (χ4v) is 6.25. The first kappa shape index (κ1) is 39.6. The van der Waals surface area contributed by atoms with Crippen LogP contribution >= 0.6 is 0 Å². The van der Waals surface area contributed by atoms with Crippen molar-refractivity contribution in [2.24, 2.45) is 0 Å². The van der Waals surface area contributed by atoms with Gasteiger partial charge in [-0.1, -0.05) is 194 Å². The second-order valence-corrected chi connectivity index (χ2v) is 13.3. The van der Waals surface area contributed by atoms with E-state index < -0.39 is 0 Å². The molecule has 0 saturated heterocycles. The summed E-state index contributed by atoms with van der Waals surface area (Å²) >= 11 is 0. The van der Waals surface area contributed by atoms with E-state index in [1.54, 1.807) is 6.92 Å². The number of amides is 1. The third-order valence-electron chi connectivity index (χ3n) is 9.16. The molecule has 0 bridgehead atoms. The van der Waals surface area contributed by atoms with Gasteiger partial charge in [-0.05, 0) is 25.7 Å². The van der Waals surface area contributed by atoms with Crippen molar-refractivity contribution in [2.45, 2.75) is 226 Å². The first-order valence-electron chi connectivity index (χ1n) is 19.1. The van der Waals surface area contributed by atoms with Gasteiger partial charge in [0.15, 0.2) is 0 Å². The summed E-state index contributed by atoms with van der Waals surface area (Å²) in [5.41, 5.74) is 0. The lowest BCUT2D eigenvalue weighted by Crippen LogP contribution is -3.14. The van der Waals surface area contributed by atoms with Crippen molar-refractivity contribution in [3.05, 3.63) is 0 Å². The Balaban J connectivity index is 3.37. The Hall–Kier alpha value is -0.370. The van der Waals surface area contributed by atoms with Crippen molar-refractivity contribution >= 4 is 5.91 Å². The van der Waals surface area contributed by atoms with Crippen LogP contribution in [-0.2, 0) is 4.79 Å². The Morgan fingerprint density at radius 1 is 0.325 bits per heavy atom. The normalized spacial score (nSPS) is 11.6. The highest BCUT2D eigenvalue weighted by molar-refractivity contribution is 5.62. The third kappa shape index (κ3) is 32.1. The first-order valence-corrected chi connectivity index (χ1v) is 19.1. The monoisotopic (exact) mass is 565 g/mol. The molecule has 0 aromatic heterocycles. The maximum Gasteiger partial charge on any atom is 0.308 e. The van der Waals surface area contributed by atoms with Crippen LogP contribution in [0.4, 0.5) is 0 Å². The highest BCUT2D eigenvalue weighted by Crippen LogP contribution is 2.15. The lowest BCUT2D eigenvalue weighted by atomic mass is 10.0. The molecule has 1 amide bonds. The molecule has 0 aromatic carbocycles. The van der Waals surface area contributed by atoms with Crippen LogP contribution in [0.2, 0.25) is 0 Å². The van der Waals surface area contributed by atoms with E-state index in [0.29, 0.717) is 5.91 Å². The average molecular weight is 565 g/mol. The van der Waals surface area contributed by atoms with Gasteiger partial charge in [0.25, 0.3) is 0 Å². The van der Waals surface area contributed by atoms with Crippen molar-refractivity contribution in [3.8, 4) is 0 Å². The van der Waals surface area contributed by atoms with E-state index in [2.05, 4.69) is 13.8 Å². The predicted octanol–water partition coefficient (Wildman–Crippen LogP) is 11.9. The Labute approximate surface area is 254 Å². The van der Waals surface area contributed by atoms with Crippen LogP contribution in [0, 0.1) is 0 Å². The zero-order chi connectivity index (χ0) is 29.2. The number of hydrogen-bond acceptors (Lipinski definition) is 1. The van der Waals surface area contributed by atoms with Gasteiger partial charge in [0, 0.05) is 0 Å². The van der Waals surface area contributed by atoms with Crippen molar-refractivity contribution in [3.63, 3.8) is 0 Å². The molecule has 0 fully saturated rings. The molecule has 1 N–H and O–H groups in total. The minimum absolute atomic E-state index is 0.363. The first-order chi connectivity index (χ1) is 19.7. The fourth-order valence-electron chi connectivity index (χ4n) is 6.25. The third-order valence-corrected chi connectivity index (χ3v) is 9.16. The van der Waals surface area contributed by atoms with Crippen molar-refractivity contribution in [1.82, 2.24) is 0 Å². The molecule has 0 spiro atoms. The topological polar surface area (TPSA) is 21.5 Å². The summed E-state index contributed by atoms with van der Waals surface area (Å²) in [6, 6.07) is 0. The maximum absolute atomic E-state index is 12.1. The van der Waals surface area contributed by atoms with Crippen LogP contribution in [-0.4, -0.2) is 19.0 Å². The average Bonchev–Trinajstić information content (AvgIpc) is 2.95. The van der Waals surface area contributed by atoms with Crippen LogP contribution in [0.5, 0.6) is 0 Å². The Morgan fingerprint density at radius 2 is 0.500 bits per heavy atom. The standard InChI is InChI=1S/C38H77NO/c1-4-6-8-10-12-14-16-18-20-22-24-26-28-30-32-34-36-39(38(3)40)37-35-33-31-29-27-25-23-21-19-17-15-13-11-9-7-5-2/h4-37H2,1-3H3/p+1. The molecule has 0 aliphatic rings. The SMILES string of the molecule is CCCCCCCCCCCCCCCCCC[NH+](CCCCCCCCCCCCCCCCCC)C(C)=O. The van der Waals surface area contributed by atoms with E-state index in [1.165, 1.54) is 210 Å². The minimum atomic E-state index is 0.363. The maximum atomic E-state index is 12.1. The largest absolute Gasteiger partial charge is 0.308 e. The smallest absolute Gasteiger partial charge is 0.272 e. The number of unbranched alkanes of at least 4 members (excludes halogenated alkanes) is 30. The van der Waals surface area contributed by atoms with E-state index in [0.717, 1.165) is 13.1 Å². The Morgan fingerprint density at radius 3 is 0.675 bits per heavy atom. The highest BCUT2D eigenvalue weighted by Gasteiger charge is 2.13. The number of carbonyl (C=O) groups is 1. The molecule has 0 rings (SSSR count). The predicted molar refractivity (Wildman–Crippen MR) is 180 cm³/mol. The van der Waals surface area contributed by atoms with Crippen LogP contribution in [0.15, 0.2) is 0 Å². The summed E-state index contributed by atoms with van der Waals surface area (Å²) in [6.07, 6.45) is 45.1. The molecule has 0 aromatic rings. The van der Waals surface area contributed by atoms with Gasteiger partial charge in [-0.3, -0.25) is 4.90 Å². The summed E-state index contributed by atoms with van der Waals surface area (Å²) in [5.74, 6) is 0.363. The quantitative estimate of drug-likeness (QED) is 0.0771. The number of carbonyl (C=O) groups excluding carboxylic acids is 1. The molecule has 0 radical (unpaired) electrons. The van der Waals surface area contributed by atoms with E-state index in [-0.39, 0.29) is 0 Å². The minimum Gasteiger partial charge on any atom is -0.272 e. The molecule has 2 heteroatoms. The van der Waals surface area contributed by atoms with Crippen molar-refractivity contribution < 1.29 is 9.69 Å². The number of rotatable bonds is 34. The molecule has 0 aliphatic heterocycles. The van der Waals surface area contributed by atoms with Crippen molar-refractivity contribution in [2.75, 3.05) is 13.1 Å². The van der Waals surface area contributed by atoms with E-state index >= 15 is 0 Å². The molecule has 0 heterocycles. The van der Waals surface area contributed by atoms with Gasteiger partial charge in [0.2, 0.25) is 0 Å². The second kappa shape index (κ2) is 34.8. The molecule has 40 heavy (non-hydrogen) atoms. The zero-order valence-corrected chi connectivity index (χ0v) is 28.4. The zero-order valence-electron chi connectivity index (χ0n) is 28.4. The fraction of sp³-hybridized carbons (Fsp3) is 0.974. The molecule has 2 nitrogen and oxygen atoms in total. The van der Waals surface area contributed by atoms with Crippen molar-refractivity contribution in [1.29, 1.82) is 0 Å². The second-order valence-electron chi connectivity index (χ2n) is 13.3. The number of quaternary nitrogens is 1. The summed E-state index contributed by atoms with van der Waals surface area (Å²) in [6.45, 7) is 8.52. The summed E-state index contributed by atoms with van der Waals surface area (Å²) in [7, 11) is 0. The Kier molecular flexibility index (Phi) is 34.5. The molecule has 0 aliphatic carbocycles. The molecule has 240 valence electrons. The number of nitrogens with one attached hydrogen (secondary N) is 1. The van der Waals surface area contributed by atoms with Crippen LogP contribution in [0.25, 0.3) is 0 Å². The molecule has 0 atom stereocenters. The van der Waals surface area contributed by atoms with Gasteiger partial charge >= 0.3 is 5.91 Å². The van der Waals surface area contributed by atoms with Gasteiger partial charge in [0.05, 0.1) is 20.0 Å². The van der Waals surface area contributed by atoms with Gasteiger partial charge in [-0.15, -0.1) is 0 Å². The summed E-state index contributed by atoms with van der Waals surface area (Å²) in [4.78, 5) is 13.3. The van der Waals surface area contributed by atoms with Gasteiger partial charge in [-0.2, -0.15) is 0 Å². The van der Waals surface area contributed by atoms with Crippen LogP contribution in [0.3, 0.4) is 0 Å². The Bertz CT molecular complexity index is 440. The molecule has 0 saturated carbocycles.